The number of hydrogen-bond donors (Lipinski definition) is 1. The number of phenols is 1. The van der Waals surface area contributed by atoms with Crippen LogP contribution in [-0.2, 0) is 0 Å². The fraction of sp³-hybridized carbons (Fsp3) is 0.125. The lowest BCUT2D eigenvalue weighted by Crippen LogP contribution is -1.90. The Kier molecular flexibility index (Phi) is 5.77. The second-order valence-electron chi connectivity index (χ2n) is 2.12. The van der Waals surface area contributed by atoms with Crippen LogP contribution in [0, 0.1) is 10.1 Å². The third kappa shape index (κ3) is 3.29. The molecule has 0 atom stereocenters. The van der Waals surface area contributed by atoms with Crippen molar-refractivity contribution < 1.29 is 14.8 Å². The minimum absolute atomic E-state index is 0.166. The van der Waals surface area contributed by atoms with Gasteiger partial charge in [0, 0.05) is 11.6 Å². The monoisotopic (exact) mass is 309 g/mol. The fourth-order valence-corrected chi connectivity index (χ4v) is 0.760. The highest BCUT2D eigenvalue weighted by molar-refractivity contribution is 14.1. The van der Waals surface area contributed by atoms with Gasteiger partial charge in [-0.05, 0) is 17.1 Å². The van der Waals surface area contributed by atoms with E-state index in [1.54, 1.807) is 0 Å². The maximum absolute atomic E-state index is 10.2. The van der Waals surface area contributed by atoms with Crippen LogP contribution in [0.25, 0.3) is 0 Å². The number of halogens is 1. The number of nitro groups is 1. The maximum atomic E-state index is 10.2. The molecule has 0 aromatic heterocycles. The molecule has 0 heterocycles. The third-order valence-corrected chi connectivity index (χ3v) is 1.33. The van der Waals surface area contributed by atoms with Crippen LogP contribution in [0.15, 0.2) is 18.2 Å². The molecule has 1 N–H and O–H groups in total. The van der Waals surface area contributed by atoms with E-state index < -0.39 is 16.4 Å². The number of rotatable bonds is 2. The topological polar surface area (TPSA) is 80.4 Å². The van der Waals surface area contributed by atoms with Gasteiger partial charge in [0.15, 0.2) is 5.75 Å². The Labute approximate surface area is 94.0 Å². The van der Waals surface area contributed by atoms with Gasteiger partial charge in [0.25, 0.3) is 0 Å². The molecule has 0 fully saturated rings. The minimum Gasteiger partial charge on any atom is -0.502 e. The van der Waals surface area contributed by atoms with E-state index in [1.165, 1.54) is 6.07 Å². The Balaban J connectivity index is 0.000000791. The molecular weight excluding hydrogens is 301 g/mol. The van der Waals surface area contributed by atoms with Crippen LogP contribution in [0.5, 0.6) is 5.75 Å². The summed E-state index contributed by atoms with van der Waals surface area (Å²) in [5.74, 6) is -0.439. The standard InChI is InChI=1S/C7H5NO4.CH3I/c9-4-5-1-2-7(10)6(3-5)8(11)12;1-2/h1-4,10H;1H3. The summed E-state index contributed by atoms with van der Waals surface area (Å²) in [5, 5.41) is 19.2. The zero-order chi connectivity index (χ0) is 11.1. The van der Waals surface area contributed by atoms with E-state index in [9.17, 15) is 14.9 Å². The lowest BCUT2D eigenvalue weighted by Gasteiger charge is -1.94. The van der Waals surface area contributed by atoms with E-state index in [2.05, 4.69) is 22.6 Å². The Bertz CT molecular complexity index is 340. The zero-order valence-corrected chi connectivity index (χ0v) is 9.46. The quantitative estimate of drug-likeness (QED) is 0.298. The summed E-state index contributed by atoms with van der Waals surface area (Å²) in [6, 6.07) is 3.43. The van der Waals surface area contributed by atoms with E-state index in [0.717, 1.165) is 12.1 Å². The highest BCUT2D eigenvalue weighted by atomic mass is 127. The Morgan fingerprint density at radius 1 is 1.50 bits per heavy atom. The number of aldehydes is 1. The lowest BCUT2D eigenvalue weighted by atomic mass is 10.2. The van der Waals surface area contributed by atoms with Gasteiger partial charge in [-0.1, -0.05) is 22.6 Å². The first-order chi connectivity index (χ1) is 6.65. The van der Waals surface area contributed by atoms with Crippen LogP contribution in [0.2, 0.25) is 0 Å². The molecule has 0 spiro atoms. The molecule has 5 nitrogen and oxygen atoms in total. The van der Waals surface area contributed by atoms with Gasteiger partial charge in [-0.3, -0.25) is 14.9 Å². The molecule has 0 bridgehead atoms. The molecule has 0 amide bonds. The van der Waals surface area contributed by atoms with Crippen molar-refractivity contribution in [3.63, 3.8) is 0 Å². The molecule has 1 aromatic carbocycles. The number of carbonyl (C=O) groups excluding carboxylic acids is 1. The van der Waals surface area contributed by atoms with Crippen molar-refractivity contribution in [2.24, 2.45) is 0 Å². The first kappa shape index (κ1) is 12.8. The molecule has 0 unspecified atom stereocenters. The summed E-state index contributed by atoms with van der Waals surface area (Å²) >= 11 is 2.15. The van der Waals surface area contributed by atoms with E-state index >= 15 is 0 Å². The van der Waals surface area contributed by atoms with Gasteiger partial charge in [-0.2, -0.15) is 0 Å². The van der Waals surface area contributed by atoms with Crippen molar-refractivity contribution in [3.8, 4) is 5.75 Å². The van der Waals surface area contributed by atoms with Gasteiger partial charge < -0.3 is 5.11 Å². The number of benzene rings is 1. The Morgan fingerprint density at radius 2 is 2.07 bits per heavy atom. The van der Waals surface area contributed by atoms with Crippen molar-refractivity contribution in [3.05, 3.63) is 33.9 Å². The first-order valence-electron chi connectivity index (χ1n) is 3.45. The van der Waals surface area contributed by atoms with Gasteiger partial charge in [0.05, 0.1) is 4.92 Å². The normalized spacial score (nSPS) is 8.43. The maximum Gasteiger partial charge on any atom is 0.311 e. The molecule has 76 valence electrons. The molecule has 1 aromatic rings. The Hall–Kier alpha value is -1.18. The lowest BCUT2D eigenvalue weighted by molar-refractivity contribution is -0.385. The van der Waals surface area contributed by atoms with Gasteiger partial charge in [-0.15, -0.1) is 0 Å². The number of hydrogen-bond acceptors (Lipinski definition) is 4. The van der Waals surface area contributed by atoms with E-state index in [1.807, 2.05) is 4.93 Å². The van der Waals surface area contributed by atoms with Crippen molar-refractivity contribution in [1.82, 2.24) is 0 Å². The molecular formula is C8H8INO4. The number of phenolic OH excluding ortho intramolecular Hbond substituents is 1. The van der Waals surface area contributed by atoms with Gasteiger partial charge in [0.2, 0.25) is 0 Å². The molecule has 0 saturated carbocycles. The van der Waals surface area contributed by atoms with Crippen LogP contribution >= 0.6 is 22.6 Å². The predicted octanol–water partition coefficient (Wildman–Crippen LogP) is 2.16. The van der Waals surface area contributed by atoms with Crippen LogP contribution in [0.3, 0.4) is 0 Å². The van der Waals surface area contributed by atoms with Crippen LogP contribution < -0.4 is 0 Å². The largest absolute Gasteiger partial charge is 0.502 e. The number of nitro benzene ring substituents is 1. The minimum atomic E-state index is -0.748. The number of alkyl halides is 1. The van der Waals surface area contributed by atoms with E-state index in [4.69, 9.17) is 5.11 Å². The molecule has 0 saturated heterocycles. The summed E-state index contributed by atoms with van der Waals surface area (Å²) in [6.07, 6.45) is 0.479. The van der Waals surface area contributed by atoms with Crippen LogP contribution in [0.1, 0.15) is 10.4 Å². The molecule has 1 rings (SSSR count). The first-order valence-corrected chi connectivity index (χ1v) is 5.61. The zero-order valence-electron chi connectivity index (χ0n) is 7.31. The van der Waals surface area contributed by atoms with E-state index in [0.29, 0.717) is 6.29 Å². The predicted molar refractivity (Wildman–Crippen MR) is 60.1 cm³/mol. The Morgan fingerprint density at radius 3 is 2.50 bits per heavy atom. The fourth-order valence-electron chi connectivity index (χ4n) is 0.760. The smallest absolute Gasteiger partial charge is 0.311 e. The van der Waals surface area contributed by atoms with Gasteiger partial charge >= 0.3 is 5.69 Å². The molecule has 0 aliphatic carbocycles. The number of aromatic hydroxyl groups is 1. The highest BCUT2D eigenvalue weighted by Gasteiger charge is 2.12. The summed E-state index contributed by atoms with van der Waals surface area (Å²) < 4.78 is 0. The second-order valence-corrected chi connectivity index (χ2v) is 2.12. The van der Waals surface area contributed by atoms with Crippen molar-refractivity contribution in [2.45, 2.75) is 0 Å². The molecule has 14 heavy (non-hydrogen) atoms. The average molecular weight is 309 g/mol. The number of nitrogens with zero attached hydrogens (tertiary/aromatic N) is 1. The summed E-state index contributed by atoms with van der Waals surface area (Å²) in [6.45, 7) is 0. The molecule has 0 radical (unpaired) electrons. The van der Waals surface area contributed by atoms with Crippen molar-refractivity contribution in [1.29, 1.82) is 0 Å². The van der Waals surface area contributed by atoms with E-state index in [-0.39, 0.29) is 5.56 Å². The third-order valence-electron chi connectivity index (χ3n) is 1.33. The van der Waals surface area contributed by atoms with Crippen LogP contribution in [0.4, 0.5) is 5.69 Å². The summed E-state index contributed by atoms with van der Waals surface area (Å²) in [5.41, 5.74) is -0.292. The average Bonchev–Trinajstić information content (AvgIpc) is 2.21. The number of carbonyl (C=O) groups is 1. The molecule has 0 aliphatic heterocycles. The van der Waals surface area contributed by atoms with Crippen molar-refractivity contribution >= 4 is 34.6 Å². The second kappa shape index (κ2) is 6.30. The SMILES string of the molecule is CI.O=Cc1ccc(O)c([N+](=O)[O-])c1. The highest BCUT2D eigenvalue weighted by Crippen LogP contribution is 2.25. The molecule has 0 aliphatic rings. The molecule has 6 heteroatoms. The summed E-state index contributed by atoms with van der Waals surface area (Å²) in [7, 11) is 0. The summed E-state index contributed by atoms with van der Waals surface area (Å²) in [4.78, 5) is 21.6. The van der Waals surface area contributed by atoms with Gasteiger partial charge in [0.1, 0.15) is 6.29 Å². The van der Waals surface area contributed by atoms with Crippen LogP contribution in [-0.4, -0.2) is 21.2 Å². The van der Waals surface area contributed by atoms with Crippen molar-refractivity contribution in [2.75, 3.05) is 4.93 Å². The van der Waals surface area contributed by atoms with Gasteiger partial charge in [-0.25, -0.2) is 0 Å².